The van der Waals surface area contributed by atoms with Gasteiger partial charge in [-0.05, 0) is 64.2 Å². The quantitative estimate of drug-likeness (QED) is 0.0217. The molecule has 1 fully saturated rings. The minimum Gasteiger partial charge on any atom is -0.394 e. The molecule has 11 heteroatoms. The van der Waals surface area contributed by atoms with Gasteiger partial charge in [-0.1, -0.05) is 185 Å². The second-order valence-electron chi connectivity index (χ2n) is 17.9. The highest BCUT2D eigenvalue weighted by atomic mass is 16.7. The number of amides is 1. The van der Waals surface area contributed by atoms with Crippen LogP contribution >= 0.6 is 0 Å². The molecular weight excluding hydrogens is 787 g/mol. The van der Waals surface area contributed by atoms with E-state index in [0.717, 1.165) is 44.9 Å². The zero-order valence-electron chi connectivity index (χ0n) is 39.4. The maximum absolute atomic E-state index is 13.1. The predicted molar refractivity (Wildman–Crippen MR) is 252 cm³/mol. The van der Waals surface area contributed by atoms with E-state index < -0.39 is 74.2 Å². The molecule has 1 aliphatic heterocycles. The Balaban J connectivity index is 2.44. The van der Waals surface area contributed by atoms with Gasteiger partial charge in [-0.15, -0.1) is 0 Å². The van der Waals surface area contributed by atoms with Gasteiger partial charge in [-0.2, -0.15) is 0 Å². The molecule has 0 aliphatic carbocycles. The number of aliphatic hydroxyl groups is 7. The highest BCUT2D eigenvalue weighted by Gasteiger charge is 2.44. The van der Waals surface area contributed by atoms with Crippen molar-refractivity contribution < 1.29 is 50.0 Å². The van der Waals surface area contributed by atoms with Gasteiger partial charge in [0.15, 0.2) is 6.29 Å². The number of carbonyl (C=O) groups is 1. The molecule has 1 rings (SSSR count). The summed E-state index contributed by atoms with van der Waals surface area (Å²) in [6, 6.07) is -1.19. The van der Waals surface area contributed by atoms with E-state index in [1.165, 1.54) is 122 Å². The van der Waals surface area contributed by atoms with Crippen LogP contribution in [0.3, 0.4) is 0 Å². The standard InChI is InChI=1S/C51H95NO10/c1-3-5-7-9-11-13-15-17-19-21-23-24-26-28-30-32-34-36-38-43(54)46(56)42(41-61-51-49(59)48(58)47(57)45(40-53)62-51)52-50(60)44(55)39-37-35-33-31-29-27-25-22-20-18-16-14-12-10-8-6-4-2/h15,17,23-24,30,32,42-49,51,53-59H,3-14,16,18-22,25-29,31,33-41H2,1-2H3,(H,52,60)/b17-15+,24-23+,32-30+. The number of hydrogen-bond acceptors (Lipinski definition) is 10. The fourth-order valence-electron chi connectivity index (χ4n) is 7.94. The van der Waals surface area contributed by atoms with E-state index in [1.807, 2.05) is 0 Å². The Morgan fingerprint density at radius 2 is 0.968 bits per heavy atom. The van der Waals surface area contributed by atoms with Crippen LogP contribution in [0.5, 0.6) is 0 Å². The third-order valence-corrected chi connectivity index (χ3v) is 12.2. The van der Waals surface area contributed by atoms with E-state index in [1.54, 1.807) is 0 Å². The molecule has 0 aromatic rings. The lowest BCUT2D eigenvalue weighted by atomic mass is 9.98. The van der Waals surface area contributed by atoms with E-state index in [0.29, 0.717) is 19.3 Å². The maximum Gasteiger partial charge on any atom is 0.249 e. The van der Waals surface area contributed by atoms with Crippen molar-refractivity contribution in [1.82, 2.24) is 5.32 Å². The van der Waals surface area contributed by atoms with E-state index in [9.17, 15) is 40.5 Å². The van der Waals surface area contributed by atoms with Crippen molar-refractivity contribution in [2.24, 2.45) is 0 Å². The summed E-state index contributed by atoms with van der Waals surface area (Å²) in [5.74, 6) is -0.711. The summed E-state index contributed by atoms with van der Waals surface area (Å²) in [6.07, 6.45) is 36.1. The van der Waals surface area contributed by atoms with Crippen LogP contribution in [0.2, 0.25) is 0 Å². The summed E-state index contributed by atoms with van der Waals surface area (Å²) in [5, 5.41) is 75.8. The molecule has 9 unspecified atom stereocenters. The van der Waals surface area contributed by atoms with Crippen LogP contribution in [0.15, 0.2) is 36.5 Å². The zero-order valence-corrected chi connectivity index (χ0v) is 39.4. The SMILES string of the molecule is CCCCCCC/C=C/CC/C=C/CC/C=C/CCCC(O)C(O)C(COC1OC(CO)C(O)C(O)C1O)NC(=O)C(O)CCCCCCCCCCCCCCCCCCC. The summed E-state index contributed by atoms with van der Waals surface area (Å²) >= 11 is 0. The molecule has 62 heavy (non-hydrogen) atoms. The topological polar surface area (TPSA) is 189 Å². The molecule has 8 N–H and O–H groups in total. The molecular formula is C51H95NO10. The summed E-state index contributed by atoms with van der Waals surface area (Å²) in [4.78, 5) is 13.1. The van der Waals surface area contributed by atoms with Crippen molar-refractivity contribution in [3.63, 3.8) is 0 Å². The van der Waals surface area contributed by atoms with Gasteiger partial charge in [0.25, 0.3) is 0 Å². The van der Waals surface area contributed by atoms with Gasteiger partial charge in [-0.25, -0.2) is 0 Å². The van der Waals surface area contributed by atoms with Crippen molar-refractivity contribution in [1.29, 1.82) is 0 Å². The Morgan fingerprint density at radius 3 is 1.44 bits per heavy atom. The van der Waals surface area contributed by atoms with Crippen molar-refractivity contribution in [2.45, 2.75) is 268 Å². The molecule has 0 aromatic carbocycles. The molecule has 9 atom stereocenters. The fourth-order valence-corrected chi connectivity index (χ4v) is 7.94. The largest absolute Gasteiger partial charge is 0.394 e. The second kappa shape index (κ2) is 40.8. The molecule has 0 spiro atoms. The molecule has 1 aliphatic rings. The minimum atomic E-state index is -1.67. The van der Waals surface area contributed by atoms with Crippen LogP contribution in [0.4, 0.5) is 0 Å². The van der Waals surface area contributed by atoms with E-state index in [-0.39, 0.29) is 12.8 Å². The number of carbonyl (C=O) groups excluding carboxylic acids is 1. The Labute approximate surface area is 377 Å². The number of unbranched alkanes of at least 4 members (excludes halogenated alkanes) is 24. The van der Waals surface area contributed by atoms with Crippen molar-refractivity contribution in [2.75, 3.05) is 13.2 Å². The third-order valence-electron chi connectivity index (χ3n) is 12.2. The zero-order chi connectivity index (χ0) is 45.5. The Hall–Kier alpha value is -1.67. The summed E-state index contributed by atoms with van der Waals surface area (Å²) in [6.45, 7) is 3.42. The smallest absolute Gasteiger partial charge is 0.249 e. The monoisotopic (exact) mass is 882 g/mol. The van der Waals surface area contributed by atoms with Crippen LogP contribution < -0.4 is 5.32 Å². The lowest BCUT2D eigenvalue weighted by Crippen LogP contribution is -2.60. The first-order valence-corrected chi connectivity index (χ1v) is 25.4. The normalized spacial score (nSPS) is 21.6. The molecule has 0 radical (unpaired) electrons. The van der Waals surface area contributed by atoms with Gasteiger partial charge in [0.2, 0.25) is 5.91 Å². The van der Waals surface area contributed by atoms with E-state index >= 15 is 0 Å². The minimum absolute atomic E-state index is 0.242. The van der Waals surface area contributed by atoms with Crippen molar-refractivity contribution in [3.05, 3.63) is 36.5 Å². The van der Waals surface area contributed by atoms with Gasteiger partial charge >= 0.3 is 0 Å². The van der Waals surface area contributed by atoms with Crippen LogP contribution in [0.1, 0.15) is 213 Å². The summed E-state index contributed by atoms with van der Waals surface area (Å²) < 4.78 is 11.1. The van der Waals surface area contributed by atoms with Crippen LogP contribution in [-0.4, -0.2) is 110 Å². The molecule has 0 saturated carbocycles. The highest BCUT2D eigenvalue weighted by Crippen LogP contribution is 2.23. The lowest BCUT2D eigenvalue weighted by molar-refractivity contribution is -0.303. The molecule has 1 heterocycles. The molecule has 0 aromatic heterocycles. The first-order chi connectivity index (χ1) is 30.2. The molecule has 0 bridgehead atoms. The average molecular weight is 882 g/mol. The Bertz CT molecular complexity index is 1100. The van der Waals surface area contributed by atoms with Gasteiger partial charge in [0.1, 0.15) is 36.6 Å². The van der Waals surface area contributed by atoms with Crippen LogP contribution in [-0.2, 0) is 14.3 Å². The summed E-state index contributed by atoms with van der Waals surface area (Å²) in [5.41, 5.74) is 0. The average Bonchev–Trinajstić information content (AvgIpc) is 3.27. The van der Waals surface area contributed by atoms with Crippen LogP contribution in [0.25, 0.3) is 0 Å². The van der Waals surface area contributed by atoms with E-state index in [2.05, 4.69) is 55.6 Å². The fraction of sp³-hybridized carbons (Fsp3) is 0.863. The van der Waals surface area contributed by atoms with E-state index in [4.69, 9.17) is 9.47 Å². The Kier molecular flexibility index (Phi) is 38.4. The van der Waals surface area contributed by atoms with Crippen molar-refractivity contribution in [3.8, 4) is 0 Å². The molecule has 11 nitrogen and oxygen atoms in total. The summed E-state index contributed by atoms with van der Waals surface area (Å²) in [7, 11) is 0. The molecule has 1 amide bonds. The number of nitrogens with one attached hydrogen (secondary N) is 1. The van der Waals surface area contributed by atoms with Gasteiger partial charge in [0.05, 0.1) is 25.4 Å². The number of hydrogen-bond donors (Lipinski definition) is 8. The lowest BCUT2D eigenvalue weighted by Gasteiger charge is -2.40. The van der Waals surface area contributed by atoms with Gasteiger partial charge in [0, 0.05) is 0 Å². The third kappa shape index (κ3) is 29.7. The van der Waals surface area contributed by atoms with Crippen molar-refractivity contribution >= 4 is 5.91 Å². The first kappa shape index (κ1) is 58.3. The molecule has 364 valence electrons. The van der Waals surface area contributed by atoms with Gasteiger partial charge < -0.3 is 50.5 Å². The Morgan fingerprint density at radius 1 is 0.548 bits per heavy atom. The maximum atomic E-state index is 13.1. The number of ether oxygens (including phenoxy) is 2. The number of rotatable bonds is 42. The van der Waals surface area contributed by atoms with Crippen LogP contribution in [0, 0.1) is 0 Å². The number of aliphatic hydroxyl groups excluding tert-OH is 7. The highest BCUT2D eigenvalue weighted by molar-refractivity contribution is 5.80. The van der Waals surface area contributed by atoms with Gasteiger partial charge in [-0.3, -0.25) is 4.79 Å². The number of allylic oxidation sites excluding steroid dienone is 6. The first-order valence-electron chi connectivity index (χ1n) is 25.4. The second-order valence-corrected chi connectivity index (χ2v) is 17.9. The predicted octanol–water partition coefficient (Wildman–Crippen LogP) is 9.17. The molecule has 1 saturated heterocycles.